The van der Waals surface area contributed by atoms with E-state index in [0.29, 0.717) is 11.3 Å². The summed E-state index contributed by atoms with van der Waals surface area (Å²) in [4.78, 5) is 11.2. The molecule has 0 saturated carbocycles. The molecule has 4 heteroatoms. The fourth-order valence-corrected chi connectivity index (χ4v) is 1.07. The average Bonchev–Trinajstić information content (AvgIpc) is 2.16. The Labute approximate surface area is 81.5 Å². The minimum atomic E-state index is -0.368. The van der Waals surface area contributed by atoms with Crippen LogP contribution in [0.25, 0.3) is 0 Å². The van der Waals surface area contributed by atoms with Gasteiger partial charge in [-0.1, -0.05) is 24.4 Å². The number of carbonyl (C=O) groups is 1. The summed E-state index contributed by atoms with van der Waals surface area (Å²) in [6, 6.07) is 6.81. The van der Waals surface area contributed by atoms with E-state index >= 15 is 0 Å². The fraction of sp³-hybridized carbons (Fsp3) is 0.111. The second-order valence-corrected chi connectivity index (χ2v) is 2.83. The van der Waals surface area contributed by atoms with Gasteiger partial charge in [0.1, 0.15) is 10.7 Å². The number of methoxy groups -OCH3 is 1. The maximum absolute atomic E-state index is 11.4. The van der Waals surface area contributed by atoms with Crippen molar-refractivity contribution < 1.29 is 9.53 Å². The molecule has 13 heavy (non-hydrogen) atoms. The Morgan fingerprint density at radius 2 is 2.08 bits per heavy atom. The van der Waals surface area contributed by atoms with E-state index in [1.54, 1.807) is 24.3 Å². The molecule has 2 N–H and O–H groups in total. The molecule has 1 aromatic carbocycles. The smallest absolute Gasteiger partial charge is 0.223 e. The monoisotopic (exact) mass is 195 g/mol. The van der Waals surface area contributed by atoms with Crippen LogP contribution in [0.2, 0.25) is 0 Å². The summed E-state index contributed by atoms with van der Waals surface area (Å²) in [5.41, 5.74) is 5.62. The van der Waals surface area contributed by atoms with E-state index in [2.05, 4.69) is 12.2 Å². The first kappa shape index (κ1) is 9.67. The molecule has 0 heterocycles. The number of hydrogen-bond donors (Lipinski definition) is 1. The predicted molar refractivity (Wildman–Crippen MR) is 54.1 cm³/mol. The van der Waals surface area contributed by atoms with Crippen LogP contribution in [-0.2, 0) is 0 Å². The second kappa shape index (κ2) is 4.00. The van der Waals surface area contributed by atoms with Crippen molar-refractivity contribution in [1.29, 1.82) is 0 Å². The number of thiocarbonyl (C=S) groups is 1. The Balaban J connectivity index is 3.13. The normalized spacial score (nSPS) is 9.31. The highest BCUT2D eigenvalue weighted by Gasteiger charge is 2.13. The molecule has 1 aromatic rings. The summed E-state index contributed by atoms with van der Waals surface area (Å²) in [6.07, 6.45) is 0. The maximum atomic E-state index is 11.4. The molecule has 0 aromatic heterocycles. The summed E-state index contributed by atoms with van der Waals surface area (Å²) in [5, 5.41) is 0. The SMILES string of the molecule is COc1ccccc1C(=O)C(N)=S. The molecule has 0 unspecified atom stereocenters. The predicted octanol–water partition coefficient (Wildman–Crippen LogP) is 1.16. The van der Waals surface area contributed by atoms with Crippen LogP contribution in [0.3, 0.4) is 0 Å². The standard InChI is InChI=1S/C9H9NO2S/c1-12-7-5-3-2-4-6(7)8(11)9(10)13/h2-5H,1H3,(H2,10,13). The number of carbonyl (C=O) groups excluding carboxylic acids is 1. The zero-order valence-corrected chi connectivity index (χ0v) is 7.93. The number of para-hydroxylation sites is 1. The second-order valence-electron chi connectivity index (χ2n) is 2.39. The van der Waals surface area contributed by atoms with Crippen molar-refractivity contribution in [3.05, 3.63) is 29.8 Å². The maximum Gasteiger partial charge on any atom is 0.223 e. The summed E-state index contributed by atoms with van der Waals surface area (Å²) in [7, 11) is 1.49. The summed E-state index contributed by atoms with van der Waals surface area (Å²) in [6.45, 7) is 0. The van der Waals surface area contributed by atoms with Gasteiger partial charge in [0.25, 0.3) is 0 Å². The van der Waals surface area contributed by atoms with Gasteiger partial charge in [-0.15, -0.1) is 0 Å². The number of ether oxygens (including phenoxy) is 1. The number of benzene rings is 1. The van der Waals surface area contributed by atoms with Crippen molar-refractivity contribution in [1.82, 2.24) is 0 Å². The number of hydrogen-bond acceptors (Lipinski definition) is 3. The van der Waals surface area contributed by atoms with E-state index in [-0.39, 0.29) is 10.8 Å². The highest BCUT2D eigenvalue weighted by atomic mass is 32.1. The number of Topliss-reactive ketones (excluding diaryl/α,β-unsaturated/α-hetero) is 1. The summed E-state index contributed by atoms with van der Waals surface area (Å²) >= 11 is 4.58. The quantitative estimate of drug-likeness (QED) is 0.581. The van der Waals surface area contributed by atoms with E-state index in [1.807, 2.05) is 0 Å². The van der Waals surface area contributed by atoms with Crippen LogP contribution in [0.4, 0.5) is 0 Å². The van der Waals surface area contributed by atoms with Crippen LogP contribution in [0.1, 0.15) is 10.4 Å². The zero-order valence-electron chi connectivity index (χ0n) is 7.11. The Morgan fingerprint density at radius 1 is 1.46 bits per heavy atom. The van der Waals surface area contributed by atoms with Gasteiger partial charge in [-0.05, 0) is 12.1 Å². The Bertz CT molecular complexity index is 349. The van der Waals surface area contributed by atoms with Crippen molar-refractivity contribution in [2.75, 3.05) is 7.11 Å². The lowest BCUT2D eigenvalue weighted by atomic mass is 10.1. The first-order chi connectivity index (χ1) is 6.16. The zero-order chi connectivity index (χ0) is 9.84. The van der Waals surface area contributed by atoms with Crippen molar-refractivity contribution in [2.45, 2.75) is 0 Å². The van der Waals surface area contributed by atoms with Gasteiger partial charge in [-0.3, -0.25) is 4.79 Å². The molecular weight excluding hydrogens is 186 g/mol. The minimum Gasteiger partial charge on any atom is -0.496 e. The highest BCUT2D eigenvalue weighted by molar-refractivity contribution is 7.82. The van der Waals surface area contributed by atoms with Gasteiger partial charge in [0.05, 0.1) is 12.7 Å². The first-order valence-electron chi connectivity index (χ1n) is 3.64. The van der Waals surface area contributed by atoms with Crippen LogP contribution in [-0.4, -0.2) is 17.9 Å². The lowest BCUT2D eigenvalue weighted by molar-refractivity contribution is 0.106. The van der Waals surface area contributed by atoms with E-state index in [1.165, 1.54) is 7.11 Å². The molecule has 1 rings (SSSR count). The number of nitrogens with two attached hydrogens (primary N) is 1. The third-order valence-electron chi connectivity index (χ3n) is 1.58. The third-order valence-corrected chi connectivity index (χ3v) is 1.76. The largest absolute Gasteiger partial charge is 0.496 e. The van der Waals surface area contributed by atoms with E-state index in [4.69, 9.17) is 10.5 Å². The van der Waals surface area contributed by atoms with Crippen molar-refractivity contribution in [3.63, 3.8) is 0 Å². The van der Waals surface area contributed by atoms with Gasteiger partial charge in [-0.25, -0.2) is 0 Å². The van der Waals surface area contributed by atoms with Crippen molar-refractivity contribution >= 4 is 23.0 Å². The van der Waals surface area contributed by atoms with Crippen molar-refractivity contribution in [3.8, 4) is 5.75 Å². The van der Waals surface area contributed by atoms with Crippen LogP contribution < -0.4 is 10.5 Å². The lowest BCUT2D eigenvalue weighted by Gasteiger charge is -2.05. The highest BCUT2D eigenvalue weighted by Crippen LogP contribution is 2.17. The average molecular weight is 195 g/mol. The summed E-state index contributed by atoms with van der Waals surface area (Å²) < 4.78 is 4.98. The molecule has 0 amide bonds. The minimum absolute atomic E-state index is 0.149. The van der Waals surface area contributed by atoms with Gasteiger partial charge >= 0.3 is 0 Å². The fourth-order valence-electron chi connectivity index (χ4n) is 0.965. The van der Waals surface area contributed by atoms with Gasteiger partial charge < -0.3 is 10.5 Å². The van der Waals surface area contributed by atoms with E-state index in [9.17, 15) is 4.79 Å². The summed E-state index contributed by atoms with van der Waals surface area (Å²) in [5.74, 6) is 0.118. The van der Waals surface area contributed by atoms with E-state index < -0.39 is 0 Å². The van der Waals surface area contributed by atoms with E-state index in [0.717, 1.165) is 0 Å². The van der Waals surface area contributed by atoms with Crippen LogP contribution in [0.5, 0.6) is 5.75 Å². The molecule has 0 bridgehead atoms. The molecule has 68 valence electrons. The van der Waals surface area contributed by atoms with Gasteiger partial charge in [0.2, 0.25) is 5.78 Å². The molecular formula is C9H9NO2S. The van der Waals surface area contributed by atoms with Crippen LogP contribution in [0, 0.1) is 0 Å². The molecule has 0 saturated heterocycles. The third kappa shape index (κ3) is 2.03. The van der Waals surface area contributed by atoms with Gasteiger partial charge in [0.15, 0.2) is 0 Å². The lowest BCUT2D eigenvalue weighted by Crippen LogP contribution is -2.21. The Kier molecular flexibility index (Phi) is 2.97. The number of ketones is 1. The molecule has 3 nitrogen and oxygen atoms in total. The van der Waals surface area contributed by atoms with Gasteiger partial charge in [0, 0.05) is 0 Å². The Hall–Kier alpha value is -1.42. The number of rotatable bonds is 3. The van der Waals surface area contributed by atoms with Crippen molar-refractivity contribution in [2.24, 2.45) is 5.73 Å². The Morgan fingerprint density at radius 3 is 2.62 bits per heavy atom. The van der Waals surface area contributed by atoms with Crippen LogP contribution in [0.15, 0.2) is 24.3 Å². The molecule has 0 aliphatic rings. The molecule has 0 fully saturated rings. The molecule has 0 atom stereocenters. The first-order valence-corrected chi connectivity index (χ1v) is 4.04. The topological polar surface area (TPSA) is 52.3 Å². The molecule has 0 aliphatic carbocycles. The molecule has 0 aliphatic heterocycles. The van der Waals surface area contributed by atoms with Crippen LogP contribution >= 0.6 is 12.2 Å². The van der Waals surface area contributed by atoms with Gasteiger partial charge in [-0.2, -0.15) is 0 Å². The molecule has 0 radical (unpaired) electrons. The molecule has 0 spiro atoms.